The number of hydrogen-bond donors (Lipinski definition) is 1. The summed E-state index contributed by atoms with van der Waals surface area (Å²) in [5, 5.41) is 13.7. The van der Waals surface area contributed by atoms with Crippen LogP contribution in [-0.4, -0.2) is 129 Å². The lowest BCUT2D eigenvalue weighted by Crippen LogP contribution is -2.89. The van der Waals surface area contributed by atoms with Gasteiger partial charge in [0.05, 0.1) is 34.6 Å². The van der Waals surface area contributed by atoms with E-state index in [9.17, 15) is 43.5 Å². The van der Waals surface area contributed by atoms with Gasteiger partial charge in [0, 0.05) is 52.2 Å². The quantitative estimate of drug-likeness (QED) is 0.280. The van der Waals surface area contributed by atoms with Crippen LogP contribution in [0.3, 0.4) is 0 Å². The molecule has 2 unspecified atom stereocenters. The van der Waals surface area contributed by atoms with Crippen LogP contribution in [0, 0.1) is 23.2 Å². The molecule has 20 nitrogen and oxygen atoms in total. The second-order valence-corrected chi connectivity index (χ2v) is 17.3. The average molecular weight is 897 g/mol. The Labute approximate surface area is 367 Å². The summed E-state index contributed by atoms with van der Waals surface area (Å²) < 4.78 is 55.9. The smallest absolute Gasteiger partial charge is 0.340 e. The first kappa shape index (κ1) is 47.5. The molecule has 4 heterocycles. The number of rotatable bonds is 9. The van der Waals surface area contributed by atoms with E-state index in [-0.39, 0.29) is 16.8 Å². The average Bonchev–Trinajstić information content (AvgIpc) is 3.44. The van der Waals surface area contributed by atoms with Crippen molar-refractivity contribution < 1.29 is 86.1 Å². The molecule has 2 saturated carbocycles. The Morgan fingerprint density at radius 3 is 2.00 bits per heavy atom. The minimum Gasteiger partial charge on any atom is -0.465 e. The SMILES string of the molecule is CC(=O)OC[C@]12[C@H](OC(C)=O)[C@H](OC(=O)c3cccnc3)[C@@H]3[C@@H](OC(C)=O)[C@@]14O[C@@]3(C)COC(=O)c1cccnc1C(C)C(C)C(=O)O[C@@H]([C@H](OC(=O)C(C)C)[C@@H]2OC(C)=O)[C@]4(C)O. The van der Waals surface area contributed by atoms with Gasteiger partial charge in [0.15, 0.2) is 30.0 Å². The topological polar surface area (TPSA) is 266 Å². The van der Waals surface area contributed by atoms with Crippen LogP contribution >= 0.6 is 0 Å². The van der Waals surface area contributed by atoms with Gasteiger partial charge in [-0.05, 0) is 38.1 Å². The van der Waals surface area contributed by atoms with E-state index in [1.807, 2.05) is 0 Å². The molecule has 0 aromatic carbocycles. The number of hydrogen-bond acceptors (Lipinski definition) is 20. The molecule has 1 spiro atoms. The number of carbonyl (C=O) groups excluding carboxylic acids is 8. The van der Waals surface area contributed by atoms with Crippen molar-refractivity contribution in [2.24, 2.45) is 23.2 Å². The Kier molecular flexibility index (Phi) is 13.0. The third-order valence-corrected chi connectivity index (χ3v) is 12.7. The van der Waals surface area contributed by atoms with E-state index in [0.29, 0.717) is 0 Å². The molecule has 2 aromatic rings. The molecule has 2 aliphatic heterocycles. The lowest BCUT2D eigenvalue weighted by Gasteiger charge is -2.67. The van der Waals surface area contributed by atoms with Crippen molar-refractivity contribution in [3.8, 4) is 0 Å². The van der Waals surface area contributed by atoms with Crippen molar-refractivity contribution in [3.63, 3.8) is 0 Å². The van der Waals surface area contributed by atoms with Gasteiger partial charge in [-0.2, -0.15) is 0 Å². The second-order valence-electron chi connectivity index (χ2n) is 17.3. The predicted molar refractivity (Wildman–Crippen MR) is 212 cm³/mol. The van der Waals surface area contributed by atoms with Gasteiger partial charge in [0.1, 0.15) is 42.0 Å². The lowest BCUT2D eigenvalue weighted by molar-refractivity contribution is -0.386. The third-order valence-electron chi connectivity index (χ3n) is 12.7. The first-order valence-electron chi connectivity index (χ1n) is 20.7. The van der Waals surface area contributed by atoms with Crippen molar-refractivity contribution in [1.29, 1.82) is 0 Å². The molecule has 2 aromatic heterocycles. The maximum absolute atomic E-state index is 14.6. The molecule has 0 radical (unpaired) electrons. The molecule has 4 aliphatic rings. The van der Waals surface area contributed by atoms with Crippen LogP contribution in [0.5, 0.6) is 0 Å². The van der Waals surface area contributed by atoms with Crippen LogP contribution < -0.4 is 0 Å². The van der Waals surface area contributed by atoms with Crippen LogP contribution in [0.25, 0.3) is 0 Å². The number of nitrogens with zero attached hydrogens (tertiary/aromatic N) is 2. The highest BCUT2D eigenvalue weighted by molar-refractivity contribution is 5.91. The molecule has 64 heavy (non-hydrogen) atoms. The molecular formula is C44H52N2O18. The maximum Gasteiger partial charge on any atom is 0.340 e. The highest BCUT2D eigenvalue weighted by atomic mass is 16.7. The van der Waals surface area contributed by atoms with Crippen LogP contribution in [0.4, 0.5) is 0 Å². The number of carbonyl (C=O) groups is 8. The fourth-order valence-electron chi connectivity index (χ4n) is 9.81. The summed E-state index contributed by atoms with van der Waals surface area (Å²) in [6.45, 7) is 10.6. The zero-order valence-corrected chi connectivity index (χ0v) is 37.0. The predicted octanol–water partition coefficient (Wildman–Crippen LogP) is 2.36. The summed E-state index contributed by atoms with van der Waals surface area (Å²) in [7, 11) is 0. The van der Waals surface area contributed by atoms with E-state index in [1.165, 1.54) is 70.6 Å². The van der Waals surface area contributed by atoms with Crippen LogP contribution in [-0.2, 0) is 71.4 Å². The summed E-state index contributed by atoms with van der Waals surface area (Å²) in [5.74, 6) is -12.8. The van der Waals surface area contributed by atoms with E-state index in [0.717, 1.165) is 34.6 Å². The molecule has 13 atom stereocenters. The Balaban J connectivity index is 1.81. The Bertz CT molecular complexity index is 2210. The van der Waals surface area contributed by atoms with E-state index in [1.54, 1.807) is 6.92 Å². The fourth-order valence-corrected chi connectivity index (χ4v) is 9.81. The summed E-state index contributed by atoms with van der Waals surface area (Å²) in [5.41, 5.74) is -10.5. The summed E-state index contributed by atoms with van der Waals surface area (Å²) in [6.07, 6.45) is -8.40. The first-order valence-corrected chi connectivity index (χ1v) is 20.7. The normalized spacial score (nSPS) is 35.3. The van der Waals surface area contributed by atoms with Gasteiger partial charge in [0.2, 0.25) is 0 Å². The van der Waals surface area contributed by atoms with Gasteiger partial charge < -0.3 is 47.7 Å². The van der Waals surface area contributed by atoms with E-state index >= 15 is 0 Å². The number of ether oxygens (including phenoxy) is 9. The number of pyridine rings is 2. The van der Waals surface area contributed by atoms with E-state index < -0.39 is 143 Å². The molecule has 20 heteroatoms. The van der Waals surface area contributed by atoms with Crippen LogP contribution in [0.1, 0.15) is 102 Å². The summed E-state index contributed by atoms with van der Waals surface area (Å²) >= 11 is 0. The van der Waals surface area contributed by atoms with Crippen molar-refractivity contribution in [1.82, 2.24) is 9.97 Å². The Hall–Kier alpha value is -6.02. The third kappa shape index (κ3) is 7.83. The molecule has 1 saturated heterocycles. The van der Waals surface area contributed by atoms with Gasteiger partial charge in [-0.1, -0.05) is 27.7 Å². The van der Waals surface area contributed by atoms with E-state index in [2.05, 4.69) is 9.97 Å². The molecule has 6 rings (SSSR count). The van der Waals surface area contributed by atoms with E-state index in [4.69, 9.17) is 42.6 Å². The van der Waals surface area contributed by atoms with Gasteiger partial charge >= 0.3 is 47.8 Å². The highest BCUT2D eigenvalue weighted by Gasteiger charge is 2.92. The van der Waals surface area contributed by atoms with Gasteiger partial charge in [-0.3, -0.25) is 38.7 Å². The molecule has 2 aliphatic carbocycles. The van der Waals surface area contributed by atoms with Crippen molar-refractivity contribution in [2.75, 3.05) is 13.2 Å². The van der Waals surface area contributed by atoms with Gasteiger partial charge in [0.25, 0.3) is 0 Å². The Morgan fingerprint density at radius 2 is 1.42 bits per heavy atom. The monoisotopic (exact) mass is 896 g/mol. The zero-order chi connectivity index (χ0) is 47.3. The standard InChI is InChI=1S/C44H52N2O18/c1-20(2)37(51)62-32-34-42(10,55)44-33(58-24(6)48)29(41(9,64-44)18-57-40(54)28-14-12-16-46-30(28)21(3)22(4)38(52)63-34)31(61-39(53)27-13-11-15-45-17-27)35(59-25(7)49)43(44,19-56-23(5)47)36(32)60-26(8)50/h11-17,20-22,29,31-36,55H,18-19H2,1-10H3/t21?,22?,29-,31-,32+,33-,34+,35-,36+,41+,42+,43-,44+/m1/s1. The van der Waals surface area contributed by atoms with Crippen LogP contribution in [0.15, 0.2) is 42.9 Å². The first-order chi connectivity index (χ1) is 29.9. The lowest BCUT2D eigenvalue weighted by atomic mass is 9.45. The molecule has 4 bridgehead atoms. The molecule has 3 fully saturated rings. The van der Waals surface area contributed by atoms with Gasteiger partial charge in [-0.15, -0.1) is 0 Å². The number of esters is 8. The van der Waals surface area contributed by atoms with Crippen molar-refractivity contribution in [2.45, 2.75) is 129 Å². The van der Waals surface area contributed by atoms with Crippen molar-refractivity contribution >= 4 is 47.8 Å². The molecule has 1 N–H and O–H groups in total. The number of aliphatic hydroxyl groups is 1. The fraction of sp³-hybridized carbons (Fsp3) is 0.591. The minimum atomic E-state index is -2.87. The number of cyclic esters (lactones) is 1. The molecule has 0 amide bonds. The Morgan fingerprint density at radius 1 is 0.812 bits per heavy atom. The molecule has 346 valence electrons. The maximum atomic E-state index is 14.6. The minimum absolute atomic E-state index is 0.0571. The number of aromatic nitrogens is 2. The summed E-state index contributed by atoms with van der Waals surface area (Å²) in [6, 6.07) is 5.69. The van der Waals surface area contributed by atoms with Crippen LogP contribution in [0.2, 0.25) is 0 Å². The second kappa shape index (κ2) is 17.5. The largest absolute Gasteiger partial charge is 0.465 e. The highest BCUT2D eigenvalue weighted by Crippen LogP contribution is 2.70. The summed E-state index contributed by atoms with van der Waals surface area (Å²) in [4.78, 5) is 119. The number of fused-ring (bicyclic) bond motifs is 5. The zero-order valence-electron chi connectivity index (χ0n) is 37.0. The van der Waals surface area contributed by atoms with Crippen molar-refractivity contribution in [3.05, 3.63) is 59.7 Å². The van der Waals surface area contributed by atoms with Gasteiger partial charge in [-0.25, -0.2) is 9.59 Å². The molecular weight excluding hydrogens is 844 g/mol.